The van der Waals surface area contributed by atoms with Gasteiger partial charge >= 0.3 is 0 Å². The van der Waals surface area contributed by atoms with E-state index >= 15 is 0 Å². The Labute approximate surface area is 72.9 Å². The zero-order valence-corrected chi connectivity index (χ0v) is 7.46. The molecule has 0 heterocycles. The maximum atomic E-state index is 7.41. The highest BCUT2D eigenvalue weighted by molar-refractivity contribution is 5.88. The molecule has 0 radical (unpaired) electrons. The topological polar surface area (TPSA) is 49.9 Å². The van der Waals surface area contributed by atoms with Gasteiger partial charge < -0.3 is 5.73 Å². The quantitative estimate of drug-likeness (QED) is 0.506. The Kier molecular flexibility index (Phi) is 2.18. The Morgan fingerprint density at radius 3 is 2.17 bits per heavy atom. The van der Waals surface area contributed by atoms with Gasteiger partial charge in [0.15, 0.2) is 0 Å². The molecule has 64 valence electrons. The first-order chi connectivity index (χ1) is 5.55. The van der Waals surface area contributed by atoms with E-state index in [1.54, 1.807) is 0 Å². The summed E-state index contributed by atoms with van der Waals surface area (Å²) in [6, 6.07) is 9.85. The van der Waals surface area contributed by atoms with Gasteiger partial charge in [-0.2, -0.15) is 0 Å². The van der Waals surface area contributed by atoms with Crippen molar-refractivity contribution in [2.24, 2.45) is 5.73 Å². The van der Waals surface area contributed by atoms with E-state index in [0.29, 0.717) is 0 Å². The number of rotatable bonds is 2. The predicted molar refractivity (Wildman–Crippen MR) is 51.4 cm³/mol. The van der Waals surface area contributed by atoms with Gasteiger partial charge in [-0.3, -0.25) is 5.41 Å². The van der Waals surface area contributed by atoms with Crippen molar-refractivity contribution >= 4 is 5.84 Å². The summed E-state index contributed by atoms with van der Waals surface area (Å²) in [6.45, 7) is 3.90. The molecule has 2 nitrogen and oxygen atoms in total. The SMILES string of the molecule is CC(C)(C(=N)N)c1ccccc1. The van der Waals surface area contributed by atoms with Crippen LogP contribution in [0.3, 0.4) is 0 Å². The second-order valence-corrected chi connectivity index (χ2v) is 3.40. The summed E-state index contributed by atoms with van der Waals surface area (Å²) < 4.78 is 0. The average Bonchev–Trinajstić information content (AvgIpc) is 2.06. The molecule has 0 aliphatic heterocycles. The van der Waals surface area contributed by atoms with E-state index in [0.717, 1.165) is 5.56 Å². The van der Waals surface area contributed by atoms with Gasteiger partial charge in [-0.25, -0.2) is 0 Å². The van der Waals surface area contributed by atoms with Gasteiger partial charge in [-0.15, -0.1) is 0 Å². The van der Waals surface area contributed by atoms with E-state index < -0.39 is 0 Å². The molecular formula is C10H14N2. The van der Waals surface area contributed by atoms with Crippen molar-refractivity contribution in [1.82, 2.24) is 0 Å². The number of hydrogen-bond donors (Lipinski definition) is 2. The van der Waals surface area contributed by atoms with E-state index in [1.165, 1.54) is 0 Å². The minimum absolute atomic E-state index is 0.203. The lowest BCUT2D eigenvalue weighted by Crippen LogP contribution is -2.34. The first kappa shape index (κ1) is 8.78. The van der Waals surface area contributed by atoms with Crippen LogP contribution in [0.4, 0.5) is 0 Å². The van der Waals surface area contributed by atoms with E-state index in [2.05, 4.69) is 0 Å². The van der Waals surface area contributed by atoms with E-state index in [1.807, 2.05) is 44.2 Å². The Morgan fingerprint density at radius 1 is 1.25 bits per heavy atom. The van der Waals surface area contributed by atoms with Gasteiger partial charge in [0.1, 0.15) is 5.84 Å². The summed E-state index contributed by atoms with van der Waals surface area (Å²) in [5.74, 6) is 0.203. The standard InChI is InChI=1S/C10H14N2/c1-10(2,9(11)12)8-6-4-3-5-7-8/h3-7H,1-2H3,(H3,11,12). The summed E-state index contributed by atoms with van der Waals surface area (Å²) >= 11 is 0. The molecule has 0 aromatic heterocycles. The van der Waals surface area contributed by atoms with E-state index in [4.69, 9.17) is 11.1 Å². The van der Waals surface area contributed by atoms with Crippen LogP contribution >= 0.6 is 0 Å². The Balaban J connectivity index is 3.06. The Bertz CT molecular complexity index is 275. The Hall–Kier alpha value is -1.31. The van der Waals surface area contributed by atoms with Crippen LogP contribution in [-0.4, -0.2) is 5.84 Å². The molecule has 0 amide bonds. The van der Waals surface area contributed by atoms with Gasteiger partial charge in [0.05, 0.1) is 0 Å². The molecule has 12 heavy (non-hydrogen) atoms. The van der Waals surface area contributed by atoms with Crippen LogP contribution in [0, 0.1) is 5.41 Å². The average molecular weight is 162 g/mol. The van der Waals surface area contributed by atoms with Crippen LogP contribution in [0.5, 0.6) is 0 Å². The largest absolute Gasteiger partial charge is 0.387 e. The van der Waals surface area contributed by atoms with Crippen LogP contribution < -0.4 is 5.73 Å². The lowest BCUT2D eigenvalue weighted by Gasteiger charge is -2.23. The number of amidine groups is 1. The minimum atomic E-state index is -0.346. The minimum Gasteiger partial charge on any atom is -0.387 e. The van der Waals surface area contributed by atoms with Crippen molar-refractivity contribution in [3.8, 4) is 0 Å². The number of benzene rings is 1. The summed E-state index contributed by atoms with van der Waals surface area (Å²) in [7, 11) is 0. The normalized spacial score (nSPS) is 11.2. The molecule has 3 N–H and O–H groups in total. The first-order valence-electron chi connectivity index (χ1n) is 3.95. The Morgan fingerprint density at radius 2 is 1.75 bits per heavy atom. The fraction of sp³-hybridized carbons (Fsp3) is 0.300. The molecule has 1 rings (SSSR count). The van der Waals surface area contributed by atoms with Crippen LogP contribution in [0.15, 0.2) is 30.3 Å². The molecule has 1 aromatic rings. The number of nitrogens with one attached hydrogen (secondary N) is 1. The van der Waals surface area contributed by atoms with Crippen molar-refractivity contribution in [2.45, 2.75) is 19.3 Å². The molecule has 0 saturated carbocycles. The highest BCUT2D eigenvalue weighted by Crippen LogP contribution is 2.21. The second kappa shape index (κ2) is 2.97. The summed E-state index contributed by atoms with van der Waals surface area (Å²) in [5, 5.41) is 7.41. The smallest absolute Gasteiger partial charge is 0.101 e. The van der Waals surface area contributed by atoms with Crippen molar-refractivity contribution in [3.05, 3.63) is 35.9 Å². The highest BCUT2D eigenvalue weighted by Gasteiger charge is 2.23. The third-order valence-corrected chi connectivity index (χ3v) is 2.17. The molecule has 0 aliphatic carbocycles. The summed E-state index contributed by atoms with van der Waals surface area (Å²) in [5.41, 5.74) is 6.22. The van der Waals surface area contributed by atoms with Crippen molar-refractivity contribution in [2.75, 3.05) is 0 Å². The van der Waals surface area contributed by atoms with Crippen molar-refractivity contribution in [1.29, 1.82) is 5.41 Å². The molecule has 0 saturated heterocycles. The monoisotopic (exact) mass is 162 g/mol. The third-order valence-electron chi connectivity index (χ3n) is 2.17. The van der Waals surface area contributed by atoms with Gasteiger partial charge in [-0.1, -0.05) is 30.3 Å². The zero-order valence-electron chi connectivity index (χ0n) is 7.46. The lowest BCUT2D eigenvalue weighted by molar-refractivity contribution is 0.705. The molecule has 0 unspecified atom stereocenters. The van der Waals surface area contributed by atoms with Crippen LogP contribution in [0.1, 0.15) is 19.4 Å². The van der Waals surface area contributed by atoms with Gasteiger partial charge in [0.25, 0.3) is 0 Å². The third kappa shape index (κ3) is 1.47. The van der Waals surface area contributed by atoms with E-state index in [-0.39, 0.29) is 11.3 Å². The zero-order chi connectivity index (χ0) is 9.19. The molecule has 0 atom stereocenters. The van der Waals surface area contributed by atoms with E-state index in [9.17, 15) is 0 Å². The number of nitrogens with two attached hydrogens (primary N) is 1. The molecular weight excluding hydrogens is 148 g/mol. The maximum Gasteiger partial charge on any atom is 0.101 e. The molecule has 1 aromatic carbocycles. The highest BCUT2D eigenvalue weighted by atomic mass is 14.7. The fourth-order valence-corrected chi connectivity index (χ4v) is 1.01. The molecule has 2 heteroatoms. The predicted octanol–water partition coefficient (Wildman–Crippen LogP) is 1.90. The second-order valence-electron chi connectivity index (χ2n) is 3.40. The molecule has 0 spiro atoms. The van der Waals surface area contributed by atoms with Gasteiger partial charge in [-0.05, 0) is 19.4 Å². The fourth-order valence-electron chi connectivity index (χ4n) is 1.01. The molecule has 0 aliphatic rings. The lowest BCUT2D eigenvalue weighted by atomic mass is 9.84. The summed E-state index contributed by atoms with van der Waals surface area (Å²) in [6.07, 6.45) is 0. The summed E-state index contributed by atoms with van der Waals surface area (Å²) in [4.78, 5) is 0. The maximum absolute atomic E-state index is 7.41. The van der Waals surface area contributed by atoms with Crippen molar-refractivity contribution < 1.29 is 0 Å². The number of hydrogen-bond acceptors (Lipinski definition) is 1. The molecule has 0 fully saturated rings. The van der Waals surface area contributed by atoms with Crippen LogP contribution in [-0.2, 0) is 5.41 Å². The van der Waals surface area contributed by atoms with Crippen LogP contribution in [0.2, 0.25) is 0 Å². The van der Waals surface area contributed by atoms with Gasteiger partial charge in [0.2, 0.25) is 0 Å². The van der Waals surface area contributed by atoms with Gasteiger partial charge in [0, 0.05) is 5.41 Å². The molecule has 0 bridgehead atoms. The van der Waals surface area contributed by atoms with Crippen LogP contribution in [0.25, 0.3) is 0 Å². The van der Waals surface area contributed by atoms with Crippen molar-refractivity contribution in [3.63, 3.8) is 0 Å². The first-order valence-corrected chi connectivity index (χ1v) is 3.95.